The van der Waals surface area contributed by atoms with E-state index in [4.69, 9.17) is 14.7 Å². The van der Waals surface area contributed by atoms with E-state index in [1.54, 1.807) is 11.3 Å². The Bertz CT molecular complexity index is 1140. The molecule has 1 aliphatic rings. The van der Waals surface area contributed by atoms with Gasteiger partial charge in [-0.1, -0.05) is 12.1 Å². The molecule has 1 fully saturated rings. The zero-order valence-electron chi connectivity index (χ0n) is 16.0. The van der Waals surface area contributed by atoms with Crippen molar-refractivity contribution in [1.29, 1.82) is 0 Å². The van der Waals surface area contributed by atoms with Crippen LogP contribution in [-0.2, 0) is 18.3 Å². The molecule has 0 radical (unpaired) electrons. The molecule has 0 unspecified atom stereocenters. The highest BCUT2D eigenvalue weighted by molar-refractivity contribution is 7.19. The molecular weight excluding hydrogens is 372 g/mol. The number of nitrogens with zero attached hydrogens (tertiary/aromatic N) is 5. The van der Waals surface area contributed by atoms with Gasteiger partial charge in [-0.3, -0.25) is 4.68 Å². The Kier molecular flexibility index (Phi) is 4.46. The lowest BCUT2D eigenvalue weighted by molar-refractivity contribution is 0.122. The van der Waals surface area contributed by atoms with Crippen molar-refractivity contribution in [3.63, 3.8) is 0 Å². The molecule has 1 N–H and O–H groups in total. The van der Waals surface area contributed by atoms with Gasteiger partial charge in [-0.15, -0.1) is 11.3 Å². The first kappa shape index (κ1) is 17.5. The van der Waals surface area contributed by atoms with Crippen molar-refractivity contribution in [1.82, 2.24) is 25.1 Å². The summed E-state index contributed by atoms with van der Waals surface area (Å²) in [4.78, 5) is 13.6. The third-order valence-electron chi connectivity index (χ3n) is 5.10. The third kappa shape index (κ3) is 2.94. The van der Waals surface area contributed by atoms with E-state index in [1.807, 2.05) is 31.0 Å². The van der Waals surface area contributed by atoms with E-state index >= 15 is 0 Å². The van der Waals surface area contributed by atoms with E-state index in [9.17, 15) is 0 Å². The molecule has 0 aliphatic carbocycles. The fourth-order valence-electron chi connectivity index (χ4n) is 3.71. The Labute approximate surface area is 167 Å². The number of anilines is 1. The van der Waals surface area contributed by atoms with Crippen molar-refractivity contribution >= 4 is 38.3 Å². The molecule has 3 aromatic heterocycles. The maximum Gasteiger partial charge on any atom is 0.162 e. The third-order valence-corrected chi connectivity index (χ3v) is 6.22. The number of aromatic nitrogens is 4. The lowest BCUT2D eigenvalue weighted by Gasteiger charge is -2.28. The van der Waals surface area contributed by atoms with E-state index in [0.29, 0.717) is 0 Å². The van der Waals surface area contributed by atoms with Crippen molar-refractivity contribution in [2.45, 2.75) is 6.54 Å². The Balaban J connectivity index is 1.72. The van der Waals surface area contributed by atoms with E-state index < -0.39 is 0 Å². The first-order valence-corrected chi connectivity index (χ1v) is 10.2. The number of thiophene rings is 1. The van der Waals surface area contributed by atoms with E-state index in [2.05, 4.69) is 33.5 Å². The molecule has 1 aliphatic heterocycles. The van der Waals surface area contributed by atoms with Crippen LogP contribution in [0.2, 0.25) is 0 Å². The highest BCUT2D eigenvalue weighted by Gasteiger charge is 2.21. The molecule has 0 atom stereocenters. The van der Waals surface area contributed by atoms with Crippen LogP contribution in [0.15, 0.2) is 30.5 Å². The molecular formula is C20H22N6OS. The molecule has 4 aromatic rings. The minimum atomic E-state index is 0.730. The van der Waals surface area contributed by atoms with Gasteiger partial charge in [0, 0.05) is 42.5 Å². The van der Waals surface area contributed by atoms with Gasteiger partial charge < -0.3 is 15.0 Å². The van der Waals surface area contributed by atoms with Gasteiger partial charge in [-0.05, 0) is 19.2 Å². The number of nitrogens with one attached hydrogen (secondary N) is 1. The summed E-state index contributed by atoms with van der Waals surface area (Å²) in [5.41, 5.74) is 3.10. The normalized spacial score (nSPS) is 15.0. The van der Waals surface area contributed by atoms with Crippen LogP contribution in [0.25, 0.3) is 32.5 Å². The molecule has 7 nitrogen and oxygen atoms in total. The van der Waals surface area contributed by atoms with E-state index in [1.165, 1.54) is 4.88 Å². The summed E-state index contributed by atoms with van der Waals surface area (Å²) in [6.45, 7) is 3.99. The molecule has 144 valence electrons. The van der Waals surface area contributed by atoms with Gasteiger partial charge in [-0.2, -0.15) is 5.10 Å². The minimum absolute atomic E-state index is 0.730. The molecule has 0 bridgehead atoms. The van der Waals surface area contributed by atoms with Gasteiger partial charge in [0.25, 0.3) is 0 Å². The Hall–Kier alpha value is -2.55. The summed E-state index contributed by atoms with van der Waals surface area (Å²) < 4.78 is 8.58. The maximum atomic E-state index is 5.55. The van der Waals surface area contributed by atoms with Crippen LogP contribution in [0.1, 0.15) is 4.88 Å². The maximum absolute atomic E-state index is 5.55. The lowest BCUT2D eigenvalue weighted by Crippen LogP contribution is -2.36. The largest absolute Gasteiger partial charge is 0.378 e. The van der Waals surface area contributed by atoms with Gasteiger partial charge in [-0.25, -0.2) is 9.97 Å². The second-order valence-electron chi connectivity index (χ2n) is 6.93. The van der Waals surface area contributed by atoms with Crippen molar-refractivity contribution < 1.29 is 4.74 Å². The number of rotatable bonds is 4. The van der Waals surface area contributed by atoms with Gasteiger partial charge >= 0.3 is 0 Å². The highest BCUT2D eigenvalue weighted by Crippen LogP contribution is 2.35. The van der Waals surface area contributed by atoms with Gasteiger partial charge in [0.05, 0.1) is 35.1 Å². The van der Waals surface area contributed by atoms with Crippen LogP contribution >= 0.6 is 11.3 Å². The molecule has 1 aromatic carbocycles. The second kappa shape index (κ2) is 7.12. The monoisotopic (exact) mass is 394 g/mol. The van der Waals surface area contributed by atoms with Gasteiger partial charge in [0.2, 0.25) is 0 Å². The predicted molar refractivity (Wildman–Crippen MR) is 113 cm³/mol. The summed E-state index contributed by atoms with van der Waals surface area (Å²) in [7, 11) is 3.92. The Morgan fingerprint density at radius 2 is 2.07 bits per heavy atom. The van der Waals surface area contributed by atoms with Crippen LogP contribution in [0.5, 0.6) is 0 Å². The molecule has 8 heteroatoms. The first-order valence-electron chi connectivity index (χ1n) is 9.43. The van der Waals surface area contributed by atoms with Crippen molar-refractivity contribution in [2.75, 3.05) is 38.3 Å². The Morgan fingerprint density at radius 1 is 1.21 bits per heavy atom. The summed E-state index contributed by atoms with van der Waals surface area (Å²) in [5, 5.41) is 8.72. The highest BCUT2D eigenvalue weighted by atomic mass is 32.1. The molecule has 1 saturated heterocycles. The number of morpholine rings is 1. The van der Waals surface area contributed by atoms with Crippen LogP contribution < -0.4 is 10.2 Å². The number of benzene rings is 1. The topological polar surface area (TPSA) is 68.1 Å². The quantitative estimate of drug-likeness (QED) is 0.574. The van der Waals surface area contributed by atoms with E-state index in [-0.39, 0.29) is 0 Å². The standard InChI is InChI=1S/C20H22N6OS/c1-21-11-13-10-16-18(28-13)20(26-6-8-27-9-7-26)24-19(23-16)14-4-3-5-17-15(14)12-22-25(17)2/h3-5,10,12,21H,6-9,11H2,1-2H3. The number of fused-ring (bicyclic) bond motifs is 2. The summed E-state index contributed by atoms with van der Waals surface area (Å²) in [6.07, 6.45) is 1.90. The second-order valence-corrected chi connectivity index (χ2v) is 8.07. The number of hydrogen-bond acceptors (Lipinski definition) is 7. The first-order chi connectivity index (χ1) is 13.7. The minimum Gasteiger partial charge on any atom is -0.378 e. The molecule has 0 amide bonds. The fourth-order valence-corrected chi connectivity index (χ4v) is 4.83. The molecule has 28 heavy (non-hydrogen) atoms. The summed E-state index contributed by atoms with van der Waals surface area (Å²) >= 11 is 1.77. The summed E-state index contributed by atoms with van der Waals surface area (Å²) in [5.74, 6) is 1.76. The van der Waals surface area contributed by atoms with Crippen LogP contribution in [0.3, 0.4) is 0 Å². The van der Waals surface area contributed by atoms with Gasteiger partial charge in [0.1, 0.15) is 0 Å². The van der Waals surface area contributed by atoms with Crippen LogP contribution in [0.4, 0.5) is 5.82 Å². The average Bonchev–Trinajstić information content (AvgIpc) is 3.31. The molecule has 5 rings (SSSR count). The zero-order valence-corrected chi connectivity index (χ0v) is 16.8. The molecule has 0 spiro atoms. The zero-order chi connectivity index (χ0) is 19.1. The van der Waals surface area contributed by atoms with Crippen LogP contribution in [0, 0.1) is 0 Å². The SMILES string of the molecule is CNCc1cc2nc(-c3cccc4c3cnn4C)nc(N3CCOCC3)c2s1. The number of aryl methyl sites for hydroxylation is 1. The summed E-state index contributed by atoms with van der Waals surface area (Å²) in [6, 6.07) is 8.37. The van der Waals surface area contributed by atoms with E-state index in [0.717, 1.165) is 71.2 Å². The van der Waals surface area contributed by atoms with Crippen molar-refractivity contribution in [3.8, 4) is 11.4 Å². The predicted octanol–water partition coefficient (Wildman–Crippen LogP) is 2.80. The molecule has 0 saturated carbocycles. The average molecular weight is 395 g/mol. The van der Waals surface area contributed by atoms with Crippen LogP contribution in [-0.4, -0.2) is 53.1 Å². The smallest absolute Gasteiger partial charge is 0.162 e. The lowest BCUT2D eigenvalue weighted by atomic mass is 10.1. The number of ether oxygens (including phenoxy) is 1. The number of hydrogen-bond donors (Lipinski definition) is 1. The molecule has 4 heterocycles. The van der Waals surface area contributed by atoms with Gasteiger partial charge in [0.15, 0.2) is 11.6 Å². The van der Waals surface area contributed by atoms with Crippen molar-refractivity contribution in [2.24, 2.45) is 7.05 Å². The fraction of sp³-hybridized carbons (Fsp3) is 0.350. The van der Waals surface area contributed by atoms with Crippen molar-refractivity contribution in [3.05, 3.63) is 35.3 Å². The Morgan fingerprint density at radius 3 is 2.89 bits per heavy atom.